The number of nitrogens with zero attached hydrogens (tertiary/aromatic N) is 2. The number of benzene rings is 1. The molecule has 20 heavy (non-hydrogen) atoms. The van der Waals surface area contributed by atoms with Gasteiger partial charge in [0.05, 0.1) is 17.6 Å². The van der Waals surface area contributed by atoms with Gasteiger partial charge in [0.2, 0.25) is 0 Å². The Morgan fingerprint density at radius 2 is 2.15 bits per heavy atom. The third kappa shape index (κ3) is 2.86. The number of H-pyrrole nitrogens is 1. The summed E-state index contributed by atoms with van der Waals surface area (Å²) in [5.74, 6) is 1.73. The number of ether oxygens (including phenoxy) is 1. The Morgan fingerprint density at radius 3 is 2.90 bits per heavy atom. The van der Waals surface area contributed by atoms with Gasteiger partial charge < -0.3 is 14.6 Å². The first kappa shape index (κ1) is 13.6. The van der Waals surface area contributed by atoms with E-state index in [0.717, 1.165) is 37.6 Å². The minimum atomic E-state index is 0.571. The first-order valence-corrected chi connectivity index (χ1v) is 7.44. The topological polar surface area (TPSA) is 41.1 Å². The maximum absolute atomic E-state index is 5.15. The number of rotatable bonds is 4. The molecule has 2 heterocycles. The molecule has 0 aliphatic carbocycles. The lowest BCUT2D eigenvalue weighted by atomic mass is 9.96. The molecular formula is C16H23N3O. The highest BCUT2D eigenvalue weighted by atomic mass is 16.5. The second-order valence-electron chi connectivity index (χ2n) is 5.75. The number of fused-ring (bicyclic) bond motifs is 1. The van der Waals surface area contributed by atoms with Gasteiger partial charge in [-0.05, 0) is 50.6 Å². The summed E-state index contributed by atoms with van der Waals surface area (Å²) in [7, 11) is 1.77. The van der Waals surface area contributed by atoms with Crippen LogP contribution in [-0.4, -0.2) is 48.2 Å². The van der Waals surface area contributed by atoms with Crippen molar-refractivity contribution in [3.63, 3.8) is 0 Å². The molecule has 0 spiro atoms. The Labute approximate surface area is 120 Å². The molecule has 0 saturated carbocycles. The Morgan fingerprint density at radius 1 is 1.35 bits per heavy atom. The maximum Gasteiger partial charge on any atom is 0.110 e. The van der Waals surface area contributed by atoms with Crippen molar-refractivity contribution in [2.45, 2.75) is 25.7 Å². The predicted molar refractivity (Wildman–Crippen MR) is 81.1 cm³/mol. The van der Waals surface area contributed by atoms with Crippen molar-refractivity contribution in [1.29, 1.82) is 0 Å². The van der Waals surface area contributed by atoms with Crippen molar-refractivity contribution in [2.75, 3.05) is 33.4 Å². The molecule has 4 nitrogen and oxygen atoms in total. The third-order valence-electron chi connectivity index (χ3n) is 4.24. The molecule has 1 saturated heterocycles. The fraction of sp³-hybridized carbons (Fsp3) is 0.562. The van der Waals surface area contributed by atoms with Gasteiger partial charge in [-0.2, -0.15) is 0 Å². The quantitative estimate of drug-likeness (QED) is 0.931. The average molecular weight is 273 g/mol. The summed E-state index contributed by atoms with van der Waals surface area (Å²) in [4.78, 5) is 10.8. The molecule has 108 valence electrons. The maximum atomic E-state index is 5.15. The first-order chi connectivity index (χ1) is 9.76. The van der Waals surface area contributed by atoms with Crippen LogP contribution < -0.4 is 0 Å². The molecule has 0 radical (unpaired) electrons. The van der Waals surface area contributed by atoms with Crippen molar-refractivity contribution < 1.29 is 4.74 Å². The number of nitrogens with one attached hydrogen (secondary N) is 1. The van der Waals surface area contributed by atoms with Gasteiger partial charge in [-0.3, -0.25) is 0 Å². The van der Waals surface area contributed by atoms with Crippen LogP contribution in [0.4, 0.5) is 0 Å². The number of aromatic amines is 1. The molecule has 1 aromatic carbocycles. The van der Waals surface area contributed by atoms with Gasteiger partial charge in [0.25, 0.3) is 0 Å². The third-order valence-corrected chi connectivity index (χ3v) is 4.24. The van der Waals surface area contributed by atoms with Crippen LogP contribution in [0.1, 0.15) is 30.1 Å². The van der Waals surface area contributed by atoms with Crippen LogP contribution in [0.5, 0.6) is 0 Å². The SMILES string of the molecule is COCCN1CCC(c2nc3ccc(C)cc3[nH]2)CC1. The van der Waals surface area contributed by atoms with Crippen LogP contribution in [0.25, 0.3) is 11.0 Å². The lowest BCUT2D eigenvalue weighted by Crippen LogP contribution is -2.35. The predicted octanol–water partition coefficient (Wildman–Crippen LogP) is 2.70. The van der Waals surface area contributed by atoms with Crippen LogP contribution in [0.3, 0.4) is 0 Å². The van der Waals surface area contributed by atoms with Crippen molar-refractivity contribution >= 4 is 11.0 Å². The molecule has 1 fully saturated rings. The number of likely N-dealkylation sites (tertiary alicyclic amines) is 1. The van der Waals surface area contributed by atoms with Crippen LogP contribution in [0.15, 0.2) is 18.2 Å². The van der Waals surface area contributed by atoms with Crippen LogP contribution in [0.2, 0.25) is 0 Å². The Hall–Kier alpha value is -1.39. The van der Waals surface area contributed by atoms with Gasteiger partial charge in [-0.1, -0.05) is 6.07 Å². The molecular weight excluding hydrogens is 250 g/mol. The Bertz CT molecular complexity index is 570. The lowest BCUT2D eigenvalue weighted by Gasteiger charge is -2.30. The second-order valence-corrected chi connectivity index (χ2v) is 5.75. The van der Waals surface area contributed by atoms with E-state index in [9.17, 15) is 0 Å². The molecule has 0 amide bonds. The zero-order valence-corrected chi connectivity index (χ0v) is 12.4. The smallest absolute Gasteiger partial charge is 0.110 e. The fourth-order valence-electron chi connectivity index (χ4n) is 2.99. The van der Waals surface area contributed by atoms with E-state index in [4.69, 9.17) is 9.72 Å². The Kier molecular flexibility index (Phi) is 4.03. The summed E-state index contributed by atoms with van der Waals surface area (Å²) in [5, 5.41) is 0. The number of methoxy groups -OCH3 is 1. The van der Waals surface area contributed by atoms with E-state index >= 15 is 0 Å². The van der Waals surface area contributed by atoms with Crippen molar-refractivity contribution in [3.05, 3.63) is 29.6 Å². The molecule has 1 aliphatic rings. The minimum absolute atomic E-state index is 0.571. The van der Waals surface area contributed by atoms with Crippen LogP contribution in [-0.2, 0) is 4.74 Å². The van der Waals surface area contributed by atoms with Gasteiger partial charge in [0, 0.05) is 19.6 Å². The molecule has 4 heteroatoms. The molecule has 3 rings (SSSR count). The Balaban J connectivity index is 1.67. The summed E-state index contributed by atoms with van der Waals surface area (Å²) in [6, 6.07) is 6.41. The van der Waals surface area contributed by atoms with Crippen molar-refractivity contribution in [2.24, 2.45) is 0 Å². The highest BCUT2D eigenvalue weighted by Crippen LogP contribution is 2.27. The van der Waals surface area contributed by atoms with Gasteiger partial charge >= 0.3 is 0 Å². The summed E-state index contributed by atoms with van der Waals surface area (Å²) < 4.78 is 5.15. The number of imidazole rings is 1. The number of hydrogen-bond acceptors (Lipinski definition) is 3. The number of aryl methyl sites for hydroxylation is 1. The molecule has 0 atom stereocenters. The van der Waals surface area contributed by atoms with E-state index in [1.54, 1.807) is 7.11 Å². The van der Waals surface area contributed by atoms with Gasteiger partial charge in [-0.25, -0.2) is 4.98 Å². The standard InChI is InChI=1S/C16H23N3O/c1-12-3-4-14-15(11-12)18-16(17-14)13-5-7-19(8-6-13)9-10-20-2/h3-4,11,13H,5-10H2,1-2H3,(H,17,18). The monoisotopic (exact) mass is 273 g/mol. The number of piperidine rings is 1. The summed E-state index contributed by atoms with van der Waals surface area (Å²) in [6.45, 7) is 6.28. The van der Waals surface area contributed by atoms with Crippen LogP contribution in [0, 0.1) is 6.92 Å². The summed E-state index contributed by atoms with van der Waals surface area (Å²) >= 11 is 0. The lowest BCUT2D eigenvalue weighted by molar-refractivity contribution is 0.129. The fourth-order valence-corrected chi connectivity index (χ4v) is 2.99. The molecule has 0 bridgehead atoms. The first-order valence-electron chi connectivity index (χ1n) is 7.44. The molecule has 1 N–H and O–H groups in total. The van der Waals surface area contributed by atoms with E-state index in [2.05, 4.69) is 35.0 Å². The zero-order valence-electron chi connectivity index (χ0n) is 12.4. The van der Waals surface area contributed by atoms with E-state index in [1.807, 2.05) is 0 Å². The summed E-state index contributed by atoms with van der Waals surface area (Å²) in [5.41, 5.74) is 3.54. The largest absolute Gasteiger partial charge is 0.383 e. The zero-order chi connectivity index (χ0) is 13.9. The van der Waals surface area contributed by atoms with E-state index < -0.39 is 0 Å². The van der Waals surface area contributed by atoms with Gasteiger partial charge in [-0.15, -0.1) is 0 Å². The summed E-state index contributed by atoms with van der Waals surface area (Å²) in [6.07, 6.45) is 2.37. The number of aromatic nitrogens is 2. The molecule has 0 unspecified atom stereocenters. The van der Waals surface area contributed by atoms with E-state index in [1.165, 1.54) is 23.9 Å². The molecule has 1 aromatic heterocycles. The highest BCUT2D eigenvalue weighted by molar-refractivity contribution is 5.75. The van der Waals surface area contributed by atoms with E-state index in [0.29, 0.717) is 5.92 Å². The highest BCUT2D eigenvalue weighted by Gasteiger charge is 2.22. The normalized spacial score (nSPS) is 17.9. The van der Waals surface area contributed by atoms with Gasteiger partial charge in [0.15, 0.2) is 0 Å². The molecule has 2 aromatic rings. The molecule has 1 aliphatic heterocycles. The number of hydrogen-bond donors (Lipinski definition) is 1. The van der Waals surface area contributed by atoms with Crippen molar-refractivity contribution in [3.8, 4) is 0 Å². The van der Waals surface area contributed by atoms with Crippen LogP contribution >= 0.6 is 0 Å². The average Bonchev–Trinajstić information content (AvgIpc) is 2.88. The second kappa shape index (κ2) is 5.94. The van der Waals surface area contributed by atoms with Gasteiger partial charge in [0.1, 0.15) is 5.82 Å². The van der Waals surface area contributed by atoms with Crippen molar-refractivity contribution in [1.82, 2.24) is 14.9 Å². The van der Waals surface area contributed by atoms with E-state index in [-0.39, 0.29) is 0 Å². The minimum Gasteiger partial charge on any atom is -0.383 e.